The Hall–Kier alpha value is -0.445. The molecule has 0 aromatic heterocycles. The first-order valence-corrected chi connectivity index (χ1v) is 6.30. The van der Waals surface area contributed by atoms with Gasteiger partial charge in [0.15, 0.2) is 0 Å². The zero-order valence-electron chi connectivity index (χ0n) is 9.72. The molecule has 0 aliphatic heterocycles. The maximum absolute atomic E-state index is 5.61. The van der Waals surface area contributed by atoms with E-state index in [4.69, 9.17) is 7.85 Å². The van der Waals surface area contributed by atoms with Crippen molar-refractivity contribution in [2.24, 2.45) is 0 Å². The van der Waals surface area contributed by atoms with Gasteiger partial charge >= 0.3 is 92.6 Å². The van der Waals surface area contributed by atoms with Crippen molar-refractivity contribution in [2.45, 2.75) is 37.5 Å². The SMILES string of the molecule is [B+2]c1ccc(SCCCCCC)cc1.[OH-].[OH-]. The summed E-state index contributed by atoms with van der Waals surface area (Å²) in [7, 11) is 5.61. The number of rotatable bonds is 6. The first-order chi connectivity index (χ1) is 6.83. The monoisotopic (exact) mass is 238 g/mol. The van der Waals surface area contributed by atoms with Crippen LogP contribution < -0.4 is 5.46 Å². The Kier molecular flexibility index (Phi) is 12.4. The van der Waals surface area contributed by atoms with Crippen molar-refractivity contribution in [3.63, 3.8) is 0 Å². The average molecular weight is 238 g/mol. The minimum atomic E-state index is 0. The van der Waals surface area contributed by atoms with Crippen molar-refractivity contribution in [2.75, 3.05) is 5.75 Å². The minimum Gasteiger partial charge on any atom is -0.870 e. The van der Waals surface area contributed by atoms with Gasteiger partial charge in [0.05, 0.1) is 0 Å². The van der Waals surface area contributed by atoms with Gasteiger partial charge in [-0.2, -0.15) is 0 Å². The fourth-order valence-electron chi connectivity index (χ4n) is 1.28. The molecule has 0 heterocycles. The smallest absolute Gasteiger partial charge is 0.870 e. The third-order valence-corrected chi connectivity index (χ3v) is 3.25. The van der Waals surface area contributed by atoms with Crippen LogP contribution in [0.25, 0.3) is 0 Å². The Labute approximate surface area is 104 Å². The van der Waals surface area contributed by atoms with Gasteiger partial charge in [-0.05, 0) is 0 Å². The van der Waals surface area contributed by atoms with Crippen LogP contribution in [-0.4, -0.2) is 24.6 Å². The van der Waals surface area contributed by atoms with Crippen LogP contribution in [0.2, 0.25) is 0 Å². The molecule has 0 aliphatic carbocycles. The number of unbranched alkanes of at least 4 members (excludes halogenated alkanes) is 3. The fourth-order valence-corrected chi connectivity index (χ4v) is 2.20. The summed E-state index contributed by atoms with van der Waals surface area (Å²) >= 11 is 1.92. The van der Waals surface area contributed by atoms with E-state index in [1.165, 1.54) is 36.3 Å². The Morgan fingerprint density at radius 1 is 1.00 bits per heavy atom. The summed E-state index contributed by atoms with van der Waals surface area (Å²) in [6.45, 7) is 2.24. The Bertz CT molecular complexity index is 252. The summed E-state index contributed by atoms with van der Waals surface area (Å²) in [5, 5.41) is 0. The van der Waals surface area contributed by atoms with Crippen LogP contribution in [0, 0.1) is 0 Å². The standard InChI is InChI=1S/C12H17BS.2H2O/c1-2-3-4-5-10-14-12-8-6-11(13)7-9-12;;/h6-9H,2-5,10H2,1H3;2*1H2/q+2;;/p-2. The molecule has 16 heavy (non-hydrogen) atoms. The van der Waals surface area contributed by atoms with Crippen LogP contribution in [0.5, 0.6) is 0 Å². The topological polar surface area (TPSA) is 60.0 Å². The van der Waals surface area contributed by atoms with Gasteiger partial charge in [-0.3, -0.25) is 0 Å². The summed E-state index contributed by atoms with van der Waals surface area (Å²) < 4.78 is 0. The van der Waals surface area contributed by atoms with Gasteiger partial charge in [0, 0.05) is 0 Å². The van der Waals surface area contributed by atoms with Crippen molar-refractivity contribution < 1.29 is 11.0 Å². The van der Waals surface area contributed by atoms with E-state index in [1.54, 1.807) is 0 Å². The zero-order chi connectivity index (χ0) is 10.2. The molecule has 1 aromatic rings. The van der Waals surface area contributed by atoms with Crippen LogP contribution in [0.3, 0.4) is 0 Å². The van der Waals surface area contributed by atoms with Crippen LogP contribution in [0.15, 0.2) is 29.2 Å². The van der Waals surface area contributed by atoms with Gasteiger partial charge in [-0.25, -0.2) is 0 Å². The molecule has 0 spiro atoms. The Morgan fingerprint density at radius 3 is 2.19 bits per heavy atom. The summed E-state index contributed by atoms with van der Waals surface area (Å²) in [4.78, 5) is 1.33. The first-order valence-electron chi connectivity index (χ1n) is 5.31. The molecule has 1 rings (SSSR count). The predicted octanol–water partition coefficient (Wildman–Crippen LogP) is 2.80. The van der Waals surface area contributed by atoms with E-state index in [0.717, 1.165) is 5.46 Å². The van der Waals surface area contributed by atoms with Gasteiger partial charge in [-0.1, -0.05) is 0 Å². The van der Waals surface area contributed by atoms with Crippen LogP contribution >= 0.6 is 11.8 Å². The molecule has 0 aliphatic rings. The summed E-state index contributed by atoms with van der Waals surface area (Å²) in [6, 6.07) is 8.13. The molecule has 2 N–H and O–H groups in total. The minimum absolute atomic E-state index is 0. The molecule has 0 saturated carbocycles. The molecule has 0 radical (unpaired) electrons. The van der Waals surface area contributed by atoms with Crippen LogP contribution in [-0.2, 0) is 0 Å². The second-order valence-corrected chi connectivity index (χ2v) is 4.65. The maximum atomic E-state index is 5.61. The van der Waals surface area contributed by atoms with E-state index in [0.29, 0.717) is 0 Å². The molecule has 0 unspecified atom stereocenters. The van der Waals surface area contributed by atoms with Crippen molar-refractivity contribution >= 4 is 25.1 Å². The average Bonchev–Trinajstić information content (AvgIpc) is 2.21. The van der Waals surface area contributed by atoms with Crippen LogP contribution in [0.4, 0.5) is 0 Å². The van der Waals surface area contributed by atoms with Gasteiger partial charge < -0.3 is 11.0 Å². The van der Waals surface area contributed by atoms with E-state index in [2.05, 4.69) is 19.1 Å². The van der Waals surface area contributed by atoms with E-state index >= 15 is 0 Å². The number of hydrogen-bond acceptors (Lipinski definition) is 3. The van der Waals surface area contributed by atoms with Crippen molar-refractivity contribution in [1.82, 2.24) is 0 Å². The molecule has 0 saturated heterocycles. The van der Waals surface area contributed by atoms with E-state index in [9.17, 15) is 0 Å². The molecular formula is C12H19BO2S. The van der Waals surface area contributed by atoms with E-state index < -0.39 is 0 Å². The first kappa shape index (κ1) is 17.9. The summed E-state index contributed by atoms with van der Waals surface area (Å²) in [6.07, 6.45) is 5.36. The number of hydrogen-bond donors (Lipinski definition) is 0. The summed E-state index contributed by atoms with van der Waals surface area (Å²) in [5.74, 6) is 1.23. The normalized spacial score (nSPS) is 9.19. The van der Waals surface area contributed by atoms with Crippen molar-refractivity contribution in [1.29, 1.82) is 0 Å². The third-order valence-electron chi connectivity index (χ3n) is 2.15. The van der Waals surface area contributed by atoms with Gasteiger partial charge in [0.25, 0.3) is 0 Å². The van der Waals surface area contributed by atoms with Crippen LogP contribution in [0.1, 0.15) is 32.6 Å². The molecule has 4 heteroatoms. The largest absolute Gasteiger partial charge is 0.870 e. The molecular weight excluding hydrogens is 219 g/mol. The zero-order valence-corrected chi connectivity index (χ0v) is 10.5. The second-order valence-electron chi connectivity index (χ2n) is 3.48. The maximum Gasteiger partial charge on any atom is -0.870 e. The van der Waals surface area contributed by atoms with Gasteiger partial charge in [0.2, 0.25) is 0 Å². The van der Waals surface area contributed by atoms with Crippen molar-refractivity contribution in [3.05, 3.63) is 24.3 Å². The molecule has 0 fully saturated rings. The molecule has 2 nitrogen and oxygen atoms in total. The predicted molar refractivity (Wildman–Crippen MR) is 70.6 cm³/mol. The summed E-state index contributed by atoms with van der Waals surface area (Å²) in [5.41, 5.74) is 0.848. The van der Waals surface area contributed by atoms with E-state index in [1.807, 2.05) is 23.9 Å². The van der Waals surface area contributed by atoms with E-state index in [-0.39, 0.29) is 11.0 Å². The molecule has 88 valence electrons. The van der Waals surface area contributed by atoms with Crippen molar-refractivity contribution in [3.8, 4) is 0 Å². The quantitative estimate of drug-likeness (QED) is 0.435. The number of benzene rings is 1. The molecule has 0 atom stereocenters. The number of thioether (sulfide) groups is 1. The molecule has 1 aromatic carbocycles. The third kappa shape index (κ3) is 7.80. The molecule has 0 bridgehead atoms. The fraction of sp³-hybridized carbons (Fsp3) is 0.500. The Morgan fingerprint density at radius 2 is 1.62 bits per heavy atom. The Balaban J connectivity index is 0. The second kappa shape index (κ2) is 11.1. The van der Waals surface area contributed by atoms with Gasteiger partial charge in [-0.15, -0.1) is 0 Å². The van der Waals surface area contributed by atoms with Gasteiger partial charge in [0.1, 0.15) is 0 Å². The molecule has 0 amide bonds.